The molecule has 4 rings (SSSR count). The van der Waals surface area contributed by atoms with Crippen LogP contribution in [0.5, 0.6) is 0 Å². The van der Waals surface area contributed by atoms with Crippen LogP contribution >= 0.6 is 12.4 Å². The minimum absolute atomic E-state index is 0. The van der Waals surface area contributed by atoms with Gasteiger partial charge in [-0.3, -0.25) is 0 Å². The lowest BCUT2D eigenvalue weighted by Crippen LogP contribution is -2.42. The molecule has 4 atom stereocenters. The van der Waals surface area contributed by atoms with Crippen molar-refractivity contribution in [3.63, 3.8) is 0 Å². The Morgan fingerprint density at radius 3 is 2.38 bits per heavy atom. The van der Waals surface area contributed by atoms with Crippen molar-refractivity contribution in [1.29, 1.82) is 0 Å². The van der Waals surface area contributed by atoms with E-state index in [2.05, 4.69) is 47.4 Å². The number of likely N-dealkylation sites (tertiary alicyclic amines) is 1. The predicted molar refractivity (Wildman–Crippen MR) is 101 cm³/mol. The van der Waals surface area contributed by atoms with Crippen molar-refractivity contribution in [2.24, 2.45) is 17.8 Å². The van der Waals surface area contributed by atoms with E-state index in [0.717, 1.165) is 24.9 Å². The number of nitrogens with zero attached hydrogens (tertiary/aromatic N) is 1. The van der Waals surface area contributed by atoms with Crippen molar-refractivity contribution in [3.8, 4) is 0 Å². The van der Waals surface area contributed by atoms with Crippen LogP contribution in [0.15, 0.2) is 42.5 Å². The molecule has 0 unspecified atom stereocenters. The molecular formula is C21H30ClNO. The Hall–Kier alpha value is -0.830. The quantitative estimate of drug-likeness (QED) is 0.799. The van der Waals surface area contributed by atoms with Crippen molar-refractivity contribution in [2.45, 2.75) is 44.1 Å². The van der Waals surface area contributed by atoms with E-state index in [1.807, 2.05) is 0 Å². The van der Waals surface area contributed by atoms with E-state index in [9.17, 15) is 5.11 Å². The second-order valence-electron chi connectivity index (χ2n) is 7.83. The molecule has 3 aliphatic rings. The number of rotatable bonds is 5. The highest BCUT2D eigenvalue weighted by Crippen LogP contribution is 2.52. The number of allylic oxidation sites excluding steroid dienone is 2. The molecule has 132 valence electrons. The highest BCUT2D eigenvalue weighted by atomic mass is 35.5. The molecule has 0 amide bonds. The number of hydrogen-bond donors (Lipinski definition) is 1. The standard InChI is InChI=1S/C21H29NO.ClH/c23-21(19-7-3-1-4-8-19,11-14-22-12-5-2-6-13-22)20-16-17-9-10-18(20)15-17;/h1,3-4,7-10,17-18,20,23H,2,5-6,11-16H2;1H/t17-,18-,20-,21-;/m1./s1. The molecule has 3 heteroatoms. The fourth-order valence-corrected chi connectivity index (χ4v) is 5.11. The van der Waals surface area contributed by atoms with Crippen molar-refractivity contribution >= 4 is 12.4 Å². The van der Waals surface area contributed by atoms with Crippen LogP contribution in [0.4, 0.5) is 0 Å². The molecule has 1 heterocycles. The zero-order chi connectivity index (χ0) is 15.7. The molecule has 1 aromatic carbocycles. The van der Waals surface area contributed by atoms with Crippen LogP contribution in [-0.2, 0) is 5.60 Å². The van der Waals surface area contributed by atoms with Gasteiger partial charge in [0.1, 0.15) is 0 Å². The monoisotopic (exact) mass is 347 g/mol. The highest BCUT2D eigenvalue weighted by molar-refractivity contribution is 5.85. The van der Waals surface area contributed by atoms with Gasteiger partial charge in [0.15, 0.2) is 0 Å². The maximum absolute atomic E-state index is 11.8. The van der Waals surface area contributed by atoms with Gasteiger partial charge >= 0.3 is 0 Å². The molecule has 1 saturated heterocycles. The van der Waals surface area contributed by atoms with Gasteiger partial charge in [0.2, 0.25) is 0 Å². The summed E-state index contributed by atoms with van der Waals surface area (Å²) in [6.45, 7) is 3.45. The van der Waals surface area contributed by atoms with E-state index in [1.54, 1.807) is 0 Å². The van der Waals surface area contributed by atoms with E-state index < -0.39 is 5.60 Å². The van der Waals surface area contributed by atoms with Crippen molar-refractivity contribution in [3.05, 3.63) is 48.0 Å². The minimum atomic E-state index is -0.664. The van der Waals surface area contributed by atoms with E-state index in [1.165, 1.54) is 38.8 Å². The van der Waals surface area contributed by atoms with Gasteiger partial charge in [0.25, 0.3) is 0 Å². The number of halogens is 1. The molecule has 0 radical (unpaired) electrons. The molecule has 2 fully saturated rings. The molecule has 0 spiro atoms. The third kappa shape index (κ3) is 3.42. The lowest BCUT2D eigenvalue weighted by Gasteiger charge is -2.40. The number of benzene rings is 1. The maximum Gasteiger partial charge on any atom is 0.0942 e. The summed E-state index contributed by atoms with van der Waals surface area (Å²) in [5, 5.41) is 11.8. The highest BCUT2D eigenvalue weighted by Gasteiger charge is 2.48. The van der Waals surface area contributed by atoms with Crippen molar-refractivity contribution < 1.29 is 5.11 Å². The van der Waals surface area contributed by atoms with Crippen LogP contribution < -0.4 is 0 Å². The Morgan fingerprint density at radius 2 is 1.75 bits per heavy atom. The molecule has 1 aliphatic heterocycles. The Bertz CT molecular complexity index is 554. The fourth-order valence-electron chi connectivity index (χ4n) is 5.11. The smallest absolute Gasteiger partial charge is 0.0942 e. The van der Waals surface area contributed by atoms with Crippen LogP contribution in [0.3, 0.4) is 0 Å². The van der Waals surface area contributed by atoms with Crippen LogP contribution in [0, 0.1) is 17.8 Å². The molecule has 1 N–H and O–H groups in total. The first-order chi connectivity index (χ1) is 11.3. The summed E-state index contributed by atoms with van der Waals surface area (Å²) in [4.78, 5) is 2.56. The summed E-state index contributed by atoms with van der Waals surface area (Å²) in [5.41, 5.74) is 0.464. The summed E-state index contributed by atoms with van der Waals surface area (Å²) in [6, 6.07) is 10.5. The zero-order valence-corrected chi connectivity index (χ0v) is 15.3. The largest absolute Gasteiger partial charge is 0.385 e. The number of piperidine rings is 1. The third-order valence-electron chi connectivity index (χ3n) is 6.42. The first-order valence-electron chi connectivity index (χ1n) is 9.44. The number of fused-ring (bicyclic) bond motifs is 2. The van der Waals surface area contributed by atoms with E-state index in [-0.39, 0.29) is 12.4 Å². The Labute approximate surface area is 152 Å². The summed E-state index contributed by atoms with van der Waals surface area (Å²) >= 11 is 0. The topological polar surface area (TPSA) is 23.5 Å². The predicted octanol–water partition coefficient (Wildman–Crippen LogP) is 4.38. The van der Waals surface area contributed by atoms with Crippen LogP contribution in [-0.4, -0.2) is 29.6 Å². The molecular weight excluding hydrogens is 318 g/mol. The van der Waals surface area contributed by atoms with Gasteiger partial charge in [0.05, 0.1) is 5.60 Å². The number of aliphatic hydroxyl groups is 1. The van der Waals surface area contributed by atoms with Crippen molar-refractivity contribution in [2.75, 3.05) is 19.6 Å². The van der Waals surface area contributed by atoms with Crippen LogP contribution in [0.2, 0.25) is 0 Å². The third-order valence-corrected chi connectivity index (χ3v) is 6.42. The first-order valence-corrected chi connectivity index (χ1v) is 9.44. The molecule has 2 bridgehead atoms. The van der Waals surface area contributed by atoms with Crippen molar-refractivity contribution in [1.82, 2.24) is 4.90 Å². The van der Waals surface area contributed by atoms with E-state index in [4.69, 9.17) is 0 Å². The summed E-state index contributed by atoms with van der Waals surface area (Å²) in [7, 11) is 0. The second kappa shape index (κ2) is 7.59. The Morgan fingerprint density at radius 1 is 1.00 bits per heavy atom. The summed E-state index contributed by atoms with van der Waals surface area (Å²) < 4.78 is 0. The Kier molecular flexibility index (Phi) is 5.69. The number of hydrogen-bond acceptors (Lipinski definition) is 2. The molecule has 0 aromatic heterocycles. The van der Waals surface area contributed by atoms with Gasteiger partial charge < -0.3 is 10.0 Å². The lowest BCUT2D eigenvalue weighted by atomic mass is 9.72. The summed E-state index contributed by atoms with van der Waals surface area (Å²) in [5.74, 6) is 1.67. The molecule has 1 saturated carbocycles. The fraction of sp³-hybridized carbons (Fsp3) is 0.619. The van der Waals surface area contributed by atoms with Gasteiger partial charge in [0, 0.05) is 6.54 Å². The molecule has 24 heavy (non-hydrogen) atoms. The van der Waals surface area contributed by atoms with Gasteiger partial charge in [-0.25, -0.2) is 0 Å². The normalized spacial score (nSPS) is 31.6. The van der Waals surface area contributed by atoms with Gasteiger partial charge in [-0.1, -0.05) is 48.9 Å². The average molecular weight is 348 g/mol. The molecule has 2 nitrogen and oxygen atoms in total. The maximum atomic E-state index is 11.8. The van der Waals surface area contributed by atoms with Crippen LogP contribution in [0.25, 0.3) is 0 Å². The first kappa shape index (κ1) is 18.0. The van der Waals surface area contributed by atoms with Crippen LogP contribution in [0.1, 0.15) is 44.1 Å². The SMILES string of the molecule is Cl.O[C@](CCN1CCCCC1)(c1ccccc1)[C@@H]1C[C@@H]2C=C[C@@H]1C2. The molecule has 2 aliphatic carbocycles. The van der Waals surface area contributed by atoms with Gasteiger partial charge in [-0.15, -0.1) is 12.4 Å². The minimum Gasteiger partial charge on any atom is -0.385 e. The van der Waals surface area contributed by atoms with Gasteiger partial charge in [-0.2, -0.15) is 0 Å². The molecule has 1 aromatic rings. The van der Waals surface area contributed by atoms with E-state index in [0.29, 0.717) is 17.8 Å². The zero-order valence-electron chi connectivity index (χ0n) is 14.4. The Balaban J connectivity index is 0.00000169. The van der Waals surface area contributed by atoms with E-state index >= 15 is 0 Å². The summed E-state index contributed by atoms with van der Waals surface area (Å²) in [6.07, 6.45) is 12.0. The average Bonchev–Trinajstić information content (AvgIpc) is 3.25. The van der Waals surface area contributed by atoms with Gasteiger partial charge in [-0.05, 0) is 68.5 Å². The lowest BCUT2D eigenvalue weighted by molar-refractivity contribution is -0.0495. The second-order valence-corrected chi connectivity index (χ2v) is 7.83.